The lowest BCUT2D eigenvalue weighted by Crippen LogP contribution is -2.37. The van der Waals surface area contributed by atoms with Crippen molar-refractivity contribution < 1.29 is 18.3 Å². The van der Waals surface area contributed by atoms with E-state index in [1.165, 1.54) is 25.3 Å². The van der Waals surface area contributed by atoms with E-state index in [9.17, 15) is 13.5 Å². The molecule has 1 aromatic carbocycles. The van der Waals surface area contributed by atoms with Gasteiger partial charge >= 0.3 is 0 Å². The summed E-state index contributed by atoms with van der Waals surface area (Å²) in [5, 5.41) is 9.52. The normalized spacial score (nSPS) is 11.6. The lowest BCUT2D eigenvalue weighted by atomic mass is 10.2. The van der Waals surface area contributed by atoms with Gasteiger partial charge in [0.05, 0.1) is 6.61 Å². The summed E-state index contributed by atoms with van der Waals surface area (Å²) in [7, 11) is -2.13. The van der Waals surface area contributed by atoms with Crippen LogP contribution in [0.15, 0.2) is 18.2 Å². The smallest absolute Gasteiger partial charge is 0.277 e. The first-order valence-electron chi connectivity index (χ1n) is 5.25. The molecular weight excluding hydrogens is 258 g/mol. The third-order valence-corrected chi connectivity index (χ3v) is 3.26. The number of nitrogens with two attached hydrogens (primary N) is 1. The van der Waals surface area contributed by atoms with Crippen LogP contribution in [0.5, 0.6) is 5.75 Å². The van der Waals surface area contributed by atoms with E-state index in [-0.39, 0.29) is 25.4 Å². The van der Waals surface area contributed by atoms with Crippen LogP contribution in [0.25, 0.3) is 0 Å². The molecule has 102 valence electrons. The minimum Gasteiger partial charge on any atom is -0.508 e. The van der Waals surface area contributed by atoms with Crippen molar-refractivity contribution in [2.45, 2.75) is 6.54 Å². The van der Waals surface area contributed by atoms with Gasteiger partial charge in [0.25, 0.3) is 10.2 Å². The number of methoxy groups -OCH3 is 1. The van der Waals surface area contributed by atoms with Gasteiger partial charge in [0, 0.05) is 31.5 Å². The number of benzene rings is 1. The van der Waals surface area contributed by atoms with Crippen molar-refractivity contribution in [3.63, 3.8) is 0 Å². The van der Waals surface area contributed by atoms with Gasteiger partial charge < -0.3 is 15.6 Å². The summed E-state index contributed by atoms with van der Waals surface area (Å²) in [6.07, 6.45) is 0. The van der Waals surface area contributed by atoms with Crippen LogP contribution in [0.2, 0.25) is 0 Å². The number of nitrogens with one attached hydrogen (secondary N) is 2. The van der Waals surface area contributed by atoms with Crippen LogP contribution < -0.4 is 15.2 Å². The second-order valence-electron chi connectivity index (χ2n) is 3.60. The second-order valence-corrected chi connectivity index (χ2v) is 5.18. The third-order valence-electron chi connectivity index (χ3n) is 2.15. The number of hydrogen-bond acceptors (Lipinski definition) is 5. The number of hydrogen-bond donors (Lipinski definition) is 4. The molecule has 18 heavy (non-hydrogen) atoms. The maximum atomic E-state index is 11.5. The highest BCUT2D eigenvalue weighted by molar-refractivity contribution is 7.87. The average Bonchev–Trinajstić information content (AvgIpc) is 2.31. The molecule has 0 amide bonds. The molecule has 0 unspecified atom stereocenters. The van der Waals surface area contributed by atoms with Crippen molar-refractivity contribution in [1.29, 1.82) is 0 Å². The summed E-state index contributed by atoms with van der Waals surface area (Å²) in [6, 6.07) is 4.45. The standard InChI is InChI=1S/C10H17N3O4S/c1-17-5-4-12-18(15,16)13-7-8-6-9(11)2-3-10(8)14/h2-3,6,12-14H,4-5,7,11H2,1H3. The fraction of sp³-hybridized carbons (Fsp3) is 0.400. The summed E-state index contributed by atoms with van der Waals surface area (Å²) in [5.74, 6) is -0.0104. The fourth-order valence-electron chi connectivity index (χ4n) is 1.25. The Morgan fingerprint density at radius 3 is 2.78 bits per heavy atom. The zero-order chi connectivity index (χ0) is 13.6. The second kappa shape index (κ2) is 6.55. The molecule has 7 nitrogen and oxygen atoms in total. The Labute approximate surface area is 106 Å². The van der Waals surface area contributed by atoms with Gasteiger partial charge in [-0.15, -0.1) is 0 Å². The van der Waals surface area contributed by atoms with Gasteiger partial charge in [-0.05, 0) is 18.2 Å². The van der Waals surface area contributed by atoms with Crippen molar-refractivity contribution in [3.8, 4) is 5.75 Å². The number of nitrogen functional groups attached to an aromatic ring is 1. The van der Waals surface area contributed by atoms with E-state index >= 15 is 0 Å². The number of anilines is 1. The van der Waals surface area contributed by atoms with Gasteiger partial charge in [-0.3, -0.25) is 0 Å². The van der Waals surface area contributed by atoms with Crippen molar-refractivity contribution in [3.05, 3.63) is 23.8 Å². The molecule has 0 spiro atoms. The molecule has 0 bridgehead atoms. The molecule has 5 N–H and O–H groups in total. The summed E-state index contributed by atoms with van der Waals surface area (Å²) in [5.41, 5.74) is 6.41. The lowest BCUT2D eigenvalue weighted by Gasteiger charge is -2.09. The van der Waals surface area contributed by atoms with Crippen LogP contribution in [-0.2, 0) is 21.5 Å². The first-order valence-corrected chi connectivity index (χ1v) is 6.73. The number of phenolic OH excluding ortho intramolecular Hbond substituents is 1. The van der Waals surface area contributed by atoms with Crippen LogP contribution >= 0.6 is 0 Å². The molecule has 0 heterocycles. The van der Waals surface area contributed by atoms with E-state index in [0.717, 1.165) is 0 Å². The maximum Gasteiger partial charge on any atom is 0.277 e. The fourth-order valence-corrected chi connectivity index (χ4v) is 2.05. The van der Waals surface area contributed by atoms with E-state index in [4.69, 9.17) is 10.5 Å². The first kappa shape index (κ1) is 14.7. The quantitative estimate of drug-likeness (QED) is 0.305. The van der Waals surface area contributed by atoms with Crippen LogP contribution in [0.4, 0.5) is 5.69 Å². The van der Waals surface area contributed by atoms with Gasteiger partial charge in [-0.25, -0.2) is 0 Å². The zero-order valence-corrected chi connectivity index (χ0v) is 10.8. The predicted octanol–water partition coefficient (Wildman–Crippen LogP) is -0.455. The highest BCUT2D eigenvalue weighted by atomic mass is 32.2. The third kappa shape index (κ3) is 4.88. The Balaban J connectivity index is 2.56. The monoisotopic (exact) mass is 275 g/mol. The van der Waals surface area contributed by atoms with Crippen LogP contribution in [0.1, 0.15) is 5.56 Å². The number of phenols is 1. The van der Waals surface area contributed by atoms with E-state index in [0.29, 0.717) is 11.3 Å². The molecular formula is C10H17N3O4S. The topological polar surface area (TPSA) is 114 Å². The summed E-state index contributed by atoms with van der Waals surface area (Å²) in [6.45, 7) is 0.415. The number of rotatable bonds is 7. The van der Waals surface area contributed by atoms with Gasteiger partial charge in [0.2, 0.25) is 0 Å². The maximum absolute atomic E-state index is 11.5. The van der Waals surface area contributed by atoms with Gasteiger partial charge in [-0.1, -0.05) is 0 Å². The Kier molecular flexibility index (Phi) is 5.35. The van der Waals surface area contributed by atoms with E-state index < -0.39 is 10.2 Å². The van der Waals surface area contributed by atoms with E-state index in [1.807, 2.05) is 0 Å². The average molecular weight is 275 g/mol. The zero-order valence-electron chi connectivity index (χ0n) is 10.0. The summed E-state index contributed by atoms with van der Waals surface area (Å²) < 4.78 is 32.3. The SMILES string of the molecule is COCCNS(=O)(=O)NCc1cc(N)ccc1O. The van der Waals surface area contributed by atoms with Crippen molar-refractivity contribution >= 4 is 15.9 Å². The molecule has 0 aliphatic heterocycles. The Morgan fingerprint density at radius 2 is 2.11 bits per heavy atom. The molecule has 1 aromatic rings. The molecule has 0 fully saturated rings. The highest BCUT2D eigenvalue weighted by Crippen LogP contribution is 2.19. The Hall–Kier alpha value is -1.35. The van der Waals surface area contributed by atoms with Crippen molar-refractivity contribution in [2.24, 2.45) is 0 Å². The van der Waals surface area contributed by atoms with Crippen molar-refractivity contribution in [1.82, 2.24) is 9.44 Å². The van der Waals surface area contributed by atoms with E-state index in [2.05, 4.69) is 9.44 Å². The minimum atomic E-state index is -3.61. The molecule has 0 atom stereocenters. The Bertz CT molecular complexity index is 490. The van der Waals surface area contributed by atoms with E-state index in [1.54, 1.807) is 0 Å². The largest absolute Gasteiger partial charge is 0.508 e. The molecule has 0 aliphatic rings. The van der Waals surface area contributed by atoms with Gasteiger partial charge in [0.1, 0.15) is 5.75 Å². The minimum absolute atomic E-state index is 0.0104. The van der Waals surface area contributed by atoms with Crippen molar-refractivity contribution in [2.75, 3.05) is 26.0 Å². The first-order chi connectivity index (χ1) is 8.44. The van der Waals surface area contributed by atoms with Crippen LogP contribution in [-0.4, -0.2) is 33.8 Å². The predicted molar refractivity (Wildman–Crippen MR) is 68.2 cm³/mol. The summed E-state index contributed by atoms with van der Waals surface area (Å²) >= 11 is 0. The molecule has 0 aliphatic carbocycles. The summed E-state index contributed by atoms with van der Waals surface area (Å²) in [4.78, 5) is 0. The Morgan fingerprint density at radius 1 is 1.39 bits per heavy atom. The molecule has 0 aromatic heterocycles. The number of ether oxygens (including phenoxy) is 1. The van der Waals surface area contributed by atoms with Crippen LogP contribution in [0, 0.1) is 0 Å². The van der Waals surface area contributed by atoms with Gasteiger partial charge in [0.15, 0.2) is 0 Å². The lowest BCUT2D eigenvalue weighted by molar-refractivity contribution is 0.204. The van der Waals surface area contributed by atoms with Gasteiger partial charge in [-0.2, -0.15) is 17.9 Å². The molecule has 0 saturated heterocycles. The number of aromatic hydroxyl groups is 1. The molecule has 0 saturated carbocycles. The molecule has 1 rings (SSSR count). The molecule has 0 radical (unpaired) electrons. The molecule has 8 heteroatoms. The highest BCUT2D eigenvalue weighted by Gasteiger charge is 2.10. The van der Waals surface area contributed by atoms with Crippen LogP contribution in [0.3, 0.4) is 0 Å².